The number of anilines is 1. The maximum Gasteiger partial charge on any atom is 0.228 e. The van der Waals surface area contributed by atoms with Gasteiger partial charge in [-0.3, -0.25) is 4.79 Å². The second kappa shape index (κ2) is 4.42. The Labute approximate surface area is 88.6 Å². The topological polar surface area (TPSA) is 70.7 Å². The number of hydrogen-bond donors (Lipinski definition) is 2. The third-order valence-corrected chi connectivity index (χ3v) is 3.05. The first-order valence-electron chi connectivity index (χ1n) is 5.42. The largest absolute Gasteiger partial charge is 0.308 e. The fourth-order valence-electron chi connectivity index (χ4n) is 2.01. The van der Waals surface area contributed by atoms with E-state index in [0.717, 1.165) is 31.6 Å². The number of hydrogen-bond acceptors (Lipinski definition) is 3. The third kappa shape index (κ3) is 2.55. The summed E-state index contributed by atoms with van der Waals surface area (Å²) in [6, 6.07) is 0. The number of aromatic amines is 1. The number of H-pyrrole nitrogens is 1. The van der Waals surface area contributed by atoms with Crippen molar-refractivity contribution in [2.24, 2.45) is 11.8 Å². The van der Waals surface area contributed by atoms with Gasteiger partial charge in [-0.25, -0.2) is 0 Å². The molecule has 0 radical (unpaired) electrons. The Bertz CT molecular complexity index is 314. The lowest BCUT2D eigenvalue weighted by Crippen LogP contribution is -2.26. The number of carbonyl (C=O) groups is 1. The number of carbonyl (C=O) groups excluding carboxylic acids is 1. The molecular weight excluding hydrogens is 192 g/mol. The minimum Gasteiger partial charge on any atom is -0.308 e. The van der Waals surface area contributed by atoms with Gasteiger partial charge < -0.3 is 5.32 Å². The monoisotopic (exact) mass is 208 g/mol. The van der Waals surface area contributed by atoms with Crippen molar-refractivity contribution in [1.82, 2.24) is 15.4 Å². The summed E-state index contributed by atoms with van der Waals surface area (Å²) in [5.74, 6) is 1.51. The molecule has 0 aromatic carbocycles. The zero-order valence-electron chi connectivity index (χ0n) is 8.86. The van der Waals surface area contributed by atoms with Crippen LogP contribution in [0.2, 0.25) is 0 Å². The Morgan fingerprint density at radius 2 is 2.20 bits per heavy atom. The van der Waals surface area contributed by atoms with Gasteiger partial charge in [-0.05, 0) is 31.6 Å². The van der Waals surface area contributed by atoms with E-state index in [2.05, 4.69) is 27.7 Å². The van der Waals surface area contributed by atoms with Crippen LogP contribution in [0.15, 0.2) is 6.20 Å². The van der Waals surface area contributed by atoms with Crippen LogP contribution in [0.25, 0.3) is 0 Å². The molecule has 0 saturated heterocycles. The normalized spacial score (nSPS) is 26.2. The third-order valence-electron chi connectivity index (χ3n) is 3.05. The lowest BCUT2D eigenvalue weighted by Gasteiger charge is -2.24. The van der Waals surface area contributed by atoms with Crippen molar-refractivity contribution in [1.29, 1.82) is 0 Å². The van der Waals surface area contributed by atoms with Crippen molar-refractivity contribution in [2.75, 3.05) is 5.32 Å². The van der Waals surface area contributed by atoms with Crippen molar-refractivity contribution < 1.29 is 4.79 Å². The average Bonchev–Trinajstić information content (AvgIpc) is 2.71. The Hall–Kier alpha value is -1.39. The second-order valence-electron chi connectivity index (χ2n) is 4.30. The van der Waals surface area contributed by atoms with Gasteiger partial charge in [0.15, 0.2) is 5.82 Å². The predicted molar refractivity (Wildman–Crippen MR) is 56.1 cm³/mol. The van der Waals surface area contributed by atoms with Gasteiger partial charge in [0.05, 0.1) is 6.20 Å². The predicted octanol–water partition coefficient (Wildman–Crippen LogP) is 1.57. The van der Waals surface area contributed by atoms with Crippen molar-refractivity contribution >= 4 is 11.7 Å². The Morgan fingerprint density at radius 1 is 1.47 bits per heavy atom. The van der Waals surface area contributed by atoms with Crippen molar-refractivity contribution in [3.05, 3.63) is 6.20 Å². The molecule has 82 valence electrons. The molecule has 1 aliphatic rings. The molecule has 1 aliphatic carbocycles. The van der Waals surface area contributed by atoms with E-state index in [1.807, 2.05) is 0 Å². The highest BCUT2D eigenvalue weighted by atomic mass is 16.2. The zero-order valence-corrected chi connectivity index (χ0v) is 8.86. The molecule has 15 heavy (non-hydrogen) atoms. The maximum atomic E-state index is 11.8. The lowest BCUT2D eigenvalue weighted by atomic mass is 9.82. The van der Waals surface area contributed by atoms with Crippen LogP contribution < -0.4 is 5.32 Å². The van der Waals surface area contributed by atoms with E-state index >= 15 is 0 Å². The lowest BCUT2D eigenvalue weighted by molar-refractivity contribution is -0.121. The first kappa shape index (κ1) is 10.1. The number of nitrogens with zero attached hydrogens (tertiary/aromatic N) is 2. The molecule has 2 rings (SSSR count). The average molecular weight is 208 g/mol. The quantitative estimate of drug-likeness (QED) is 0.775. The highest BCUT2D eigenvalue weighted by Gasteiger charge is 2.24. The zero-order chi connectivity index (χ0) is 10.7. The molecule has 0 unspecified atom stereocenters. The highest BCUT2D eigenvalue weighted by molar-refractivity contribution is 5.91. The second-order valence-corrected chi connectivity index (χ2v) is 4.30. The van der Waals surface area contributed by atoms with Crippen LogP contribution in [0.4, 0.5) is 5.82 Å². The first-order chi connectivity index (χ1) is 7.25. The first-order valence-corrected chi connectivity index (χ1v) is 5.42. The summed E-state index contributed by atoms with van der Waals surface area (Å²) >= 11 is 0. The molecule has 5 nitrogen and oxygen atoms in total. The molecule has 1 heterocycles. The van der Waals surface area contributed by atoms with E-state index in [0.29, 0.717) is 5.82 Å². The number of aromatic nitrogens is 3. The van der Waals surface area contributed by atoms with E-state index in [1.54, 1.807) is 0 Å². The maximum absolute atomic E-state index is 11.8. The van der Waals surface area contributed by atoms with Gasteiger partial charge in [-0.15, -0.1) is 5.10 Å². The molecule has 1 fully saturated rings. The van der Waals surface area contributed by atoms with E-state index in [1.165, 1.54) is 6.20 Å². The van der Waals surface area contributed by atoms with Gasteiger partial charge in [0.25, 0.3) is 0 Å². The number of nitrogens with one attached hydrogen (secondary N) is 2. The Kier molecular flexibility index (Phi) is 2.99. The van der Waals surface area contributed by atoms with Crippen molar-refractivity contribution in [2.45, 2.75) is 32.6 Å². The smallest absolute Gasteiger partial charge is 0.228 e. The molecule has 1 saturated carbocycles. The van der Waals surface area contributed by atoms with Crippen molar-refractivity contribution in [3.8, 4) is 0 Å². The fraction of sp³-hybridized carbons (Fsp3) is 0.700. The molecule has 0 spiro atoms. The molecular formula is C10H16N4O. The van der Waals surface area contributed by atoms with Crippen molar-refractivity contribution in [3.63, 3.8) is 0 Å². The van der Waals surface area contributed by atoms with Crippen LogP contribution in [-0.4, -0.2) is 21.3 Å². The molecule has 0 bridgehead atoms. The molecule has 2 N–H and O–H groups in total. The summed E-state index contributed by atoms with van der Waals surface area (Å²) in [7, 11) is 0. The SMILES string of the molecule is CC1CCC(C(=O)Nc2cn[nH]n2)CC1. The molecule has 0 aliphatic heterocycles. The van der Waals surface area contributed by atoms with Gasteiger partial charge in [0, 0.05) is 5.92 Å². The van der Waals surface area contributed by atoms with Gasteiger partial charge in [-0.2, -0.15) is 10.3 Å². The molecule has 1 aromatic rings. The van der Waals surface area contributed by atoms with Gasteiger partial charge in [0.2, 0.25) is 5.91 Å². The molecule has 0 atom stereocenters. The van der Waals surface area contributed by atoms with Crippen LogP contribution in [0.3, 0.4) is 0 Å². The number of rotatable bonds is 2. The Balaban J connectivity index is 1.86. The highest BCUT2D eigenvalue weighted by Crippen LogP contribution is 2.28. The molecule has 1 aromatic heterocycles. The molecule has 1 amide bonds. The summed E-state index contributed by atoms with van der Waals surface area (Å²) in [6.07, 6.45) is 5.80. The minimum absolute atomic E-state index is 0.0794. The fourth-order valence-corrected chi connectivity index (χ4v) is 2.01. The van der Waals surface area contributed by atoms with Gasteiger partial charge in [0.1, 0.15) is 0 Å². The summed E-state index contributed by atoms with van der Waals surface area (Å²) in [6.45, 7) is 2.24. The minimum atomic E-state index is 0.0794. The van der Waals surface area contributed by atoms with E-state index in [-0.39, 0.29) is 11.8 Å². The summed E-state index contributed by atoms with van der Waals surface area (Å²) in [4.78, 5) is 11.8. The van der Waals surface area contributed by atoms with Crippen LogP contribution in [-0.2, 0) is 4.79 Å². The van der Waals surface area contributed by atoms with Crippen LogP contribution in [0.5, 0.6) is 0 Å². The summed E-state index contributed by atoms with van der Waals surface area (Å²) in [5.41, 5.74) is 0. The molecule has 5 heteroatoms. The van der Waals surface area contributed by atoms with Crippen LogP contribution in [0.1, 0.15) is 32.6 Å². The van der Waals surface area contributed by atoms with Gasteiger partial charge in [-0.1, -0.05) is 6.92 Å². The summed E-state index contributed by atoms with van der Waals surface area (Å²) in [5, 5.41) is 12.7. The number of amides is 1. The summed E-state index contributed by atoms with van der Waals surface area (Å²) < 4.78 is 0. The van der Waals surface area contributed by atoms with Gasteiger partial charge >= 0.3 is 0 Å². The van der Waals surface area contributed by atoms with E-state index in [4.69, 9.17) is 0 Å². The van der Waals surface area contributed by atoms with Crippen LogP contribution >= 0.6 is 0 Å². The van der Waals surface area contributed by atoms with Crippen LogP contribution in [0, 0.1) is 11.8 Å². The standard InChI is InChI=1S/C10H16N4O/c1-7-2-4-8(5-3-7)10(15)12-9-6-11-14-13-9/h6-8H,2-5H2,1H3,(H2,11,12,13,14,15). The Morgan fingerprint density at radius 3 is 2.80 bits per heavy atom. The van der Waals surface area contributed by atoms with E-state index in [9.17, 15) is 4.79 Å². The van der Waals surface area contributed by atoms with E-state index < -0.39 is 0 Å².